The van der Waals surface area contributed by atoms with Crippen LogP contribution in [0.15, 0.2) is 59.3 Å². The Morgan fingerprint density at radius 1 is 1.08 bits per heavy atom. The summed E-state index contributed by atoms with van der Waals surface area (Å²) in [7, 11) is 7.65. The van der Waals surface area contributed by atoms with Gasteiger partial charge in [0.15, 0.2) is 5.84 Å². The van der Waals surface area contributed by atoms with Gasteiger partial charge < -0.3 is 31.3 Å². The van der Waals surface area contributed by atoms with E-state index in [9.17, 15) is 14.9 Å². The predicted molar refractivity (Wildman–Crippen MR) is 205 cm³/mol. The van der Waals surface area contributed by atoms with Crippen LogP contribution in [0, 0.1) is 11.3 Å². The molecule has 2 amide bonds. The maximum Gasteiger partial charge on any atom is 0.253 e. The summed E-state index contributed by atoms with van der Waals surface area (Å²) in [5.41, 5.74) is 8.53. The van der Waals surface area contributed by atoms with Crippen molar-refractivity contribution < 1.29 is 9.59 Å². The summed E-state index contributed by atoms with van der Waals surface area (Å²) < 4.78 is 0. The van der Waals surface area contributed by atoms with Gasteiger partial charge in [-0.05, 0) is 100 Å². The van der Waals surface area contributed by atoms with E-state index in [0.717, 1.165) is 49.8 Å². The lowest BCUT2D eigenvalue weighted by atomic mass is 9.66. The quantitative estimate of drug-likeness (QED) is 0.0609. The molecule has 6 N–H and O–H groups in total. The summed E-state index contributed by atoms with van der Waals surface area (Å²) >= 11 is 0. The Labute approximate surface area is 297 Å². The summed E-state index contributed by atoms with van der Waals surface area (Å²) in [6, 6.07) is 7.56. The number of amidine groups is 1. The van der Waals surface area contributed by atoms with Gasteiger partial charge >= 0.3 is 0 Å². The summed E-state index contributed by atoms with van der Waals surface area (Å²) in [5, 5.41) is 16.9. The van der Waals surface area contributed by atoms with Gasteiger partial charge in [0.25, 0.3) is 5.91 Å². The number of carbonyl (C=O) groups is 2. The van der Waals surface area contributed by atoms with Gasteiger partial charge in [0, 0.05) is 32.7 Å². The Morgan fingerprint density at radius 2 is 1.73 bits per heavy atom. The van der Waals surface area contributed by atoms with Gasteiger partial charge in [0.2, 0.25) is 5.91 Å². The van der Waals surface area contributed by atoms with Crippen molar-refractivity contribution in [3.8, 4) is 6.07 Å². The number of likely N-dealkylation sites (N-methyl/N-ethyl adjacent to an activating group) is 1. The number of nitrogens with two attached hydrogens (primary N) is 2. The number of fused-ring (bicyclic) bond motifs is 1. The molecule has 0 heterocycles. The molecule has 11 heteroatoms. The second-order valence-corrected chi connectivity index (χ2v) is 12.0. The molecule has 2 unspecified atom stereocenters. The zero-order chi connectivity index (χ0) is 37.7. The third-order valence-electron chi connectivity index (χ3n) is 8.44. The molecular formula is C38H65N9O2. The zero-order valence-corrected chi connectivity index (χ0v) is 32.1. The van der Waals surface area contributed by atoms with Crippen LogP contribution in [0.25, 0.3) is 0 Å². The van der Waals surface area contributed by atoms with Gasteiger partial charge in [-0.1, -0.05) is 52.3 Å². The van der Waals surface area contributed by atoms with Crippen LogP contribution in [0.3, 0.4) is 0 Å². The molecular weight excluding hydrogens is 614 g/mol. The number of amides is 2. The maximum atomic E-state index is 13.1. The Hall–Kier alpha value is -3.98. The van der Waals surface area contributed by atoms with Crippen LogP contribution in [0.2, 0.25) is 0 Å². The number of nitrogens with one attached hydrogen (secondary N) is 2. The van der Waals surface area contributed by atoms with Gasteiger partial charge in [-0.2, -0.15) is 10.4 Å². The van der Waals surface area contributed by atoms with Gasteiger partial charge in [-0.15, -0.1) is 13.2 Å². The Morgan fingerprint density at radius 3 is 2.27 bits per heavy atom. The number of aryl methyl sites for hydroxylation is 1. The van der Waals surface area contributed by atoms with E-state index < -0.39 is 11.5 Å². The molecule has 2 aliphatic carbocycles. The minimum atomic E-state index is -0.788. The third kappa shape index (κ3) is 11.6. The standard InChI is InChI=1S/C32H49N9O2.2C2H6.C2H4/c1-7-16-41(22(2)19-33)29(42)20-36-15-14-32(31(37-34)38-35)27-12-8-23(21-39(3)4)17-24(27)9-10-25-18-26(11-13-28(25)32)30(43)40(5)6;3*1-2/h11,13,17-18,22,36H,7-10,12,14-16,20-21,34-35H2,1-6H3,(H,37,38);2*1-2H3;1-2H2. The summed E-state index contributed by atoms with van der Waals surface area (Å²) in [5.74, 6) is 12.4. The molecule has 3 rings (SSSR count). The maximum absolute atomic E-state index is 13.1. The smallest absolute Gasteiger partial charge is 0.253 e. The fraction of sp³-hybridized carbons (Fsp3) is 0.579. The number of nitriles is 1. The lowest BCUT2D eigenvalue weighted by Crippen LogP contribution is -2.52. The Bertz CT molecular complexity index is 1330. The minimum Gasteiger partial charge on any atom is -0.345 e. The summed E-state index contributed by atoms with van der Waals surface area (Å²) in [6.07, 6.45) is 6.91. The van der Waals surface area contributed by atoms with E-state index >= 15 is 0 Å². The highest BCUT2D eigenvalue weighted by molar-refractivity contribution is 5.98. The van der Waals surface area contributed by atoms with E-state index in [0.29, 0.717) is 30.9 Å². The van der Waals surface area contributed by atoms with Crippen molar-refractivity contribution in [1.82, 2.24) is 25.4 Å². The average Bonchev–Trinajstić information content (AvgIpc) is 3.25. The molecule has 0 spiro atoms. The molecule has 0 bridgehead atoms. The Kier molecular flexibility index (Phi) is 21.5. The monoisotopic (exact) mass is 680 g/mol. The molecule has 1 aromatic carbocycles. The van der Waals surface area contributed by atoms with E-state index in [1.54, 1.807) is 30.8 Å². The molecule has 0 aliphatic heterocycles. The van der Waals surface area contributed by atoms with Crippen molar-refractivity contribution in [2.24, 2.45) is 16.8 Å². The first kappa shape index (κ1) is 45.0. The number of nitrogens with zero attached hydrogens (tertiary/aromatic N) is 5. The highest BCUT2D eigenvalue weighted by atomic mass is 16.2. The number of allylic oxidation sites excluding steroid dienone is 2. The minimum absolute atomic E-state index is 0.0587. The first-order valence-corrected chi connectivity index (χ1v) is 17.6. The van der Waals surface area contributed by atoms with Crippen LogP contribution in [0.1, 0.15) is 95.1 Å². The molecule has 0 saturated carbocycles. The third-order valence-corrected chi connectivity index (χ3v) is 8.44. The van der Waals surface area contributed by atoms with Crippen LogP contribution >= 0.6 is 0 Å². The number of rotatable bonds is 12. The van der Waals surface area contributed by atoms with Crippen molar-refractivity contribution in [2.75, 3.05) is 54.4 Å². The molecule has 11 nitrogen and oxygen atoms in total. The average molecular weight is 680 g/mol. The van der Waals surface area contributed by atoms with Crippen LogP contribution in [-0.4, -0.2) is 92.8 Å². The first-order valence-electron chi connectivity index (χ1n) is 17.6. The second kappa shape index (κ2) is 23.4. The number of hydrogen-bond acceptors (Lipinski definition) is 8. The number of benzene rings is 1. The van der Waals surface area contributed by atoms with Crippen LogP contribution < -0.4 is 22.4 Å². The largest absolute Gasteiger partial charge is 0.345 e. The van der Waals surface area contributed by atoms with Gasteiger partial charge in [-0.25, -0.2) is 5.84 Å². The fourth-order valence-corrected chi connectivity index (χ4v) is 6.50. The molecule has 274 valence electrons. The molecule has 0 aromatic heterocycles. The van der Waals surface area contributed by atoms with E-state index in [1.807, 2.05) is 52.8 Å². The first-order chi connectivity index (χ1) is 23.5. The van der Waals surface area contributed by atoms with Gasteiger partial charge in [0.1, 0.15) is 6.04 Å². The SMILES string of the molecule is C=C.CC.CC.CCCN(C(=O)CNCCC1(/C(=N/N)NN)C2=C(C=C(CN(C)C)CC2)CCc2cc(C(=O)N(C)C)ccc21)C(C)C#N. The molecule has 2 aliphatic rings. The van der Waals surface area contributed by atoms with Crippen molar-refractivity contribution in [1.29, 1.82) is 5.26 Å². The fourth-order valence-electron chi connectivity index (χ4n) is 6.50. The molecule has 1 aromatic rings. The Balaban J connectivity index is 0.00000363. The number of hydrazone groups is 1. The van der Waals surface area contributed by atoms with Crippen LogP contribution in [0.5, 0.6) is 0 Å². The van der Waals surface area contributed by atoms with Gasteiger partial charge in [-0.3, -0.25) is 9.59 Å². The van der Waals surface area contributed by atoms with Crippen molar-refractivity contribution in [3.05, 3.63) is 70.8 Å². The number of carbonyl (C=O) groups excluding carboxylic acids is 2. The number of hydrazine groups is 1. The van der Waals surface area contributed by atoms with Crippen molar-refractivity contribution >= 4 is 17.6 Å². The van der Waals surface area contributed by atoms with Crippen molar-refractivity contribution in [2.45, 2.75) is 91.5 Å². The van der Waals surface area contributed by atoms with Crippen LogP contribution in [0.4, 0.5) is 0 Å². The van der Waals surface area contributed by atoms with E-state index in [2.05, 4.69) is 60.1 Å². The normalized spacial score (nSPS) is 17.0. The topological polar surface area (TPSA) is 156 Å². The molecule has 49 heavy (non-hydrogen) atoms. The van der Waals surface area contributed by atoms with Crippen LogP contribution in [-0.2, 0) is 16.6 Å². The van der Waals surface area contributed by atoms with E-state index in [4.69, 9.17) is 11.7 Å². The molecule has 0 saturated heterocycles. The highest BCUT2D eigenvalue weighted by Gasteiger charge is 2.45. The lowest BCUT2D eigenvalue weighted by Gasteiger charge is -2.40. The lowest BCUT2D eigenvalue weighted by molar-refractivity contribution is -0.131. The number of hydrogen-bond donors (Lipinski definition) is 4. The highest BCUT2D eigenvalue weighted by Crippen LogP contribution is 2.48. The molecule has 0 fully saturated rings. The van der Waals surface area contributed by atoms with Gasteiger partial charge in [0.05, 0.1) is 18.0 Å². The molecule has 2 atom stereocenters. The van der Waals surface area contributed by atoms with Crippen molar-refractivity contribution in [3.63, 3.8) is 0 Å². The van der Waals surface area contributed by atoms with E-state index in [1.165, 1.54) is 16.7 Å². The molecule has 0 radical (unpaired) electrons. The zero-order valence-electron chi connectivity index (χ0n) is 32.1. The second-order valence-electron chi connectivity index (χ2n) is 12.0. The predicted octanol–water partition coefficient (Wildman–Crippen LogP) is 4.87. The summed E-state index contributed by atoms with van der Waals surface area (Å²) in [4.78, 5) is 31.3. The van der Waals surface area contributed by atoms with E-state index in [-0.39, 0.29) is 18.4 Å². The summed E-state index contributed by atoms with van der Waals surface area (Å²) in [6.45, 7) is 19.7.